The van der Waals surface area contributed by atoms with Gasteiger partial charge in [0.2, 0.25) is 11.8 Å². The standard InChI is InChI=1S/C20H21ClFN3O2/c1-24(2)15-5-3-13(4-6-15)11-23-20(27)14-9-19(26)25(12-14)16-7-8-18(22)17(21)10-16/h3-8,10,14H,9,11-12H2,1-2H3,(H,23,27). The highest BCUT2D eigenvalue weighted by Crippen LogP contribution is 2.28. The zero-order valence-electron chi connectivity index (χ0n) is 15.2. The van der Waals surface area contributed by atoms with Crippen LogP contribution in [0.5, 0.6) is 0 Å². The lowest BCUT2D eigenvalue weighted by Crippen LogP contribution is -2.32. The van der Waals surface area contributed by atoms with Crippen LogP contribution in [0.25, 0.3) is 0 Å². The Hall–Kier alpha value is -2.60. The van der Waals surface area contributed by atoms with Crippen molar-refractivity contribution in [1.82, 2.24) is 5.32 Å². The molecule has 2 amide bonds. The van der Waals surface area contributed by atoms with Gasteiger partial charge >= 0.3 is 0 Å². The van der Waals surface area contributed by atoms with E-state index in [0.29, 0.717) is 12.2 Å². The fourth-order valence-electron chi connectivity index (χ4n) is 3.03. The number of rotatable bonds is 5. The highest BCUT2D eigenvalue weighted by molar-refractivity contribution is 6.31. The molecule has 5 nitrogen and oxygen atoms in total. The molecule has 0 saturated carbocycles. The van der Waals surface area contributed by atoms with E-state index >= 15 is 0 Å². The quantitative estimate of drug-likeness (QED) is 0.854. The van der Waals surface area contributed by atoms with Crippen molar-refractivity contribution in [2.24, 2.45) is 5.92 Å². The van der Waals surface area contributed by atoms with Gasteiger partial charge in [-0.15, -0.1) is 0 Å². The highest BCUT2D eigenvalue weighted by Gasteiger charge is 2.35. The van der Waals surface area contributed by atoms with Crippen molar-refractivity contribution in [1.29, 1.82) is 0 Å². The smallest absolute Gasteiger partial charge is 0.227 e. The monoisotopic (exact) mass is 389 g/mol. The van der Waals surface area contributed by atoms with Crippen LogP contribution in [0, 0.1) is 11.7 Å². The highest BCUT2D eigenvalue weighted by atomic mass is 35.5. The van der Waals surface area contributed by atoms with Gasteiger partial charge in [0.25, 0.3) is 0 Å². The van der Waals surface area contributed by atoms with Crippen LogP contribution in [0.4, 0.5) is 15.8 Å². The van der Waals surface area contributed by atoms with Gasteiger partial charge in [-0.1, -0.05) is 23.7 Å². The van der Waals surface area contributed by atoms with Crippen LogP contribution < -0.4 is 15.1 Å². The molecular formula is C20H21ClFN3O2. The molecule has 7 heteroatoms. The molecule has 0 bridgehead atoms. The molecule has 27 heavy (non-hydrogen) atoms. The topological polar surface area (TPSA) is 52.7 Å². The summed E-state index contributed by atoms with van der Waals surface area (Å²) in [5, 5.41) is 2.84. The fourth-order valence-corrected chi connectivity index (χ4v) is 3.21. The number of nitrogens with one attached hydrogen (secondary N) is 1. The van der Waals surface area contributed by atoms with Gasteiger partial charge < -0.3 is 15.1 Å². The molecule has 1 aliphatic heterocycles. The van der Waals surface area contributed by atoms with E-state index in [2.05, 4.69) is 5.32 Å². The minimum absolute atomic E-state index is 0.0469. The summed E-state index contributed by atoms with van der Waals surface area (Å²) >= 11 is 5.79. The van der Waals surface area contributed by atoms with E-state index in [1.165, 1.54) is 23.1 Å². The van der Waals surface area contributed by atoms with Crippen LogP contribution in [0.15, 0.2) is 42.5 Å². The van der Waals surface area contributed by atoms with Gasteiger partial charge in [-0.3, -0.25) is 9.59 Å². The third-order valence-corrected chi connectivity index (χ3v) is 4.92. The predicted octanol–water partition coefficient (Wildman–Crippen LogP) is 3.21. The van der Waals surface area contributed by atoms with Gasteiger partial charge in [-0.25, -0.2) is 4.39 Å². The van der Waals surface area contributed by atoms with E-state index in [-0.39, 0.29) is 29.8 Å². The molecular weight excluding hydrogens is 369 g/mol. The Balaban J connectivity index is 1.59. The van der Waals surface area contributed by atoms with E-state index in [1.54, 1.807) is 0 Å². The molecule has 1 fully saturated rings. The van der Waals surface area contributed by atoms with Crippen LogP contribution in [0.3, 0.4) is 0 Å². The maximum Gasteiger partial charge on any atom is 0.227 e. The number of hydrogen-bond acceptors (Lipinski definition) is 3. The van der Waals surface area contributed by atoms with Gasteiger partial charge in [-0.05, 0) is 35.9 Å². The first kappa shape index (κ1) is 19.2. The van der Waals surface area contributed by atoms with E-state index < -0.39 is 11.7 Å². The summed E-state index contributed by atoms with van der Waals surface area (Å²) in [4.78, 5) is 28.2. The van der Waals surface area contributed by atoms with Crippen LogP contribution in [0.2, 0.25) is 5.02 Å². The molecule has 1 unspecified atom stereocenters. The number of anilines is 2. The van der Waals surface area contributed by atoms with Gasteiger partial charge in [0.15, 0.2) is 0 Å². The lowest BCUT2D eigenvalue weighted by atomic mass is 10.1. The van der Waals surface area contributed by atoms with Crippen molar-refractivity contribution in [3.8, 4) is 0 Å². The maximum atomic E-state index is 13.3. The van der Waals surface area contributed by atoms with E-state index in [1.807, 2.05) is 43.3 Å². The Morgan fingerprint density at radius 2 is 1.96 bits per heavy atom. The van der Waals surface area contributed by atoms with Crippen molar-refractivity contribution in [2.75, 3.05) is 30.4 Å². The minimum Gasteiger partial charge on any atom is -0.378 e. The van der Waals surface area contributed by atoms with Crippen molar-refractivity contribution < 1.29 is 14.0 Å². The molecule has 2 aromatic rings. The van der Waals surface area contributed by atoms with Crippen LogP contribution in [-0.4, -0.2) is 32.5 Å². The Kier molecular flexibility index (Phi) is 5.65. The van der Waals surface area contributed by atoms with E-state index in [4.69, 9.17) is 11.6 Å². The van der Waals surface area contributed by atoms with Crippen LogP contribution in [-0.2, 0) is 16.1 Å². The molecule has 0 aliphatic carbocycles. The zero-order chi connectivity index (χ0) is 19.6. The van der Waals surface area contributed by atoms with Crippen molar-refractivity contribution in [2.45, 2.75) is 13.0 Å². The Morgan fingerprint density at radius 1 is 1.26 bits per heavy atom. The third-order valence-electron chi connectivity index (χ3n) is 4.63. The van der Waals surface area contributed by atoms with Crippen LogP contribution in [0.1, 0.15) is 12.0 Å². The van der Waals surface area contributed by atoms with Crippen molar-refractivity contribution >= 4 is 34.8 Å². The number of halogens is 2. The number of carbonyl (C=O) groups is 2. The Bertz CT molecular complexity index is 855. The maximum absolute atomic E-state index is 13.3. The van der Waals surface area contributed by atoms with Crippen molar-refractivity contribution in [3.63, 3.8) is 0 Å². The number of hydrogen-bond donors (Lipinski definition) is 1. The molecule has 0 spiro atoms. The average molecular weight is 390 g/mol. The number of amides is 2. The molecule has 3 rings (SSSR count). The second kappa shape index (κ2) is 7.96. The summed E-state index contributed by atoms with van der Waals surface area (Å²) in [5.74, 6) is -1.33. The number of benzene rings is 2. The summed E-state index contributed by atoms with van der Waals surface area (Å²) in [6.45, 7) is 0.659. The molecule has 1 saturated heterocycles. The second-order valence-electron chi connectivity index (χ2n) is 6.78. The molecule has 1 aliphatic rings. The molecule has 0 radical (unpaired) electrons. The lowest BCUT2D eigenvalue weighted by Gasteiger charge is -2.17. The molecule has 1 atom stereocenters. The largest absolute Gasteiger partial charge is 0.378 e. The number of carbonyl (C=O) groups excluding carboxylic acids is 2. The van der Waals surface area contributed by atoms with Gasteiger partial charge in [0.05, 0.1) is 10.9 Å². The Morgan fingerprint density at radius 3 is 2.59 bits per heavy atom. The van der Waals surface area contributed by atoms with E-state index in [9.17, 15) is 14.0 Å². The SMILES string of the molecule is CN(C)c1ccc(CNC(=O)C2CC(=O)N(c3ccc(F)c(Cl)c3)C2)cc1. The molecule has 1 N–H and O–H groups in total. The summed E-state index contributed by atoms with van der Waals surface area (Å²) in [7, 11) is 3.93. The summed E-state index contributed by atoms with van der Waals surface area (Å²) < 4.78 is 13.3. The summed E-state index contributed by atoms with van der Waals surface area (Å²) in [6, 6.07) is 12.0. The number of nitrogens with zero attached hydrogens (tertiary/aromatic N) is 2. The first-order chi connectivity index (χ1) is 12.8. The van der Waals surface area contributed by atoms with Crippen LogP contribution >= 0.6 is 11.6 Å². The van der Waals surface area contributed by atoms with Gasteiger partial charge in [0, 0.05) is 45.0 Å². The second-order valence-corrected chi connectivity index (χ2v) is 7.19. The molecule has 2 aromatic carbocycles. The Labute approximate surface area is 162 Å². The molecule has 142 valence electrons. The molecule has 0 aromatic heterocycles. The fraction of sp³-hybridized carbons (Fsp3) is 0.300. The average Bonchev–Trinajstić information content (AvgIpc) is 3.04. The van der Waals surface area contributed by atoms with E-state index in [0.717, 1.165) is 11.3 Å². The van der Waals surface area contributed by atoms with Gasteiger partial charge in [0.1, 0.15) is 5.82 Å². The lowest BCUT2D eigenvalue weighted by molar-refractivity contribution is -0.126. The third kappa shape index (κ3) is 4.39. The van der Waals surface area contributed by atoms with Crippen molar-refractivity contribution in [3.05, 3.63) is 58.9 Å². The molecule has 1 heterocycles. The predicted molar refractivity (Wildman–Crippen MR) is 104 cm³/mol. The van der Waals surface area contributed by atoms with Gasteiger partial charge in [-0.2, -0.15) is 0 Å². The normalized spacial score (nSPS) is 16.5. The zero-order valence-corrected chi connectivity index (χ0v) is 16.0. The first-order valence-corrected chi connectivity index (χ1v) is 9.02. The first-order valence-electron chi connectivity index (χ1n) is 8.64. The minimum atomic E-state index is -0.540. The summed E-state index contributed by atoms with van der Waals surface area (Å²) in [6.07, 6.45) is 0.125. The summed E-state index contributed by atoms with van der Waals surface area (Å²) in [5.41, 5.74) is 2.57.